The first-order chi connectivity index (χ1) is 13.4. The van der Waals surface area contributed by atoms with Gasteiger partial charge < -0.3 is 10.2 Å². The first-order valence-corrected chi connectivity index (χ1v) is 7.71. The molecule has 3 aromatic rings. The fourth-order valence-electron chi connectivity index (χ4n) is 2.31. The van der Waals surface area contributed by atoms with E-state index in [-0.39, 0.29) is 22.8 Å². The highest BCUT2D eigenvalue weighted by Crippen LogP contribution is 2.30. The molecule has 0 unspecified atom stereocenters. The summed E-state index contributed by atoms with van der Waals surface area (Å²) in [5.74, 6) is -5.27. The van der Waals surface area contributed by atoms with Crippen LogP contribution in [0.2, 0.25) is 0 Å². The van der Waals surface area contributed by atoms with Gasteiger partial charge in [-0.05, 0) is 6.07 Å². The van der Waals surface area contributed by atoms with Gasteiger partial charge in [-0.3, -0.25) is 9.78 Å². The van der Waals surface area contributed by atoms with Crippen molar-refractivity contribution in [1.29, 1.82) is 5.26 Å². The van der Waals surface area contributed by atoms with Crippen LogP contribution in [0.1, 0.15) is 11.1 Å². The minimum atomic E-state index is -1.53. The number of phenolic OH excluding ortho intramolecular Hbond substituents is 2. The van der Waals surface area contributed by atoms with E-state index >= 15 is 0 Å². The summed E-state index contributed by atoms with van der Waals surface area (Å²) < 4.78 is 26.8. The number of benzene rings is 2. The Morgan fingerprint density at radius 3 is 2.61 bits per heavy atom. The molecule has 0 amide bonds. The third-order valence-electron chi connectivity index (χ3n) is 3.65. The second kappa shape index (κ2) is 7.55. The Bertz CT molecular complexity index is 1170. The second-order valence-electron chi connectivity index (χ2n) is 5.44. The summed E-state index contributed by atoms with van der Waals surface area (Å²) in [5, 5.41) is 31.5. The zero-order chi connectivity index (χ0) is 20.3. The van der Waals surface area contributed by atoms with Gasteiger partial charge in [-0.15, -0.1) is 0 Å². The molecule has 0 atom stereocenters. The van der Waals surface area contributed by atoms with Crippen molar-refractivity contribution in [3.05, 3.63) is 69.5 Å². The molecule has 0 aliphatic heterocycles. The molecule has 1 heterocycles. The molecule has 0 spiro atoms. The van der Waals surface area contributed by atoms with E-state index in [4.69, 9.17) is 5.11 Å². The molecule has 140 valence electrons. The van der Waals surface area contributed by atoms with Crippen LogP contribution in [0.15, 0.2) is 46.3 Å². The number of aromatic amines is 1. The number of hydrazone groups is 1. The smallest absolute Gasteiger partial charge is 0.270 e. The Hall–Kier alpha value is -4.26. The van der Waals surface area contributed by atoms with Crippen LogP contribution in [0.25, 0.3) is 11.3 Å². The highest BCUT2D eigenvalue weighted by atomic mass is 19.1. The fourth-order valence-corrected chi connectivity index (χ4v) is 2.31. The van der Waals surface area contributed by atoms with Crippen LogP contribution in [0.4, 0.5) is 14.7 Å². The number of aromatic hydroxyl groups is 2. The molecular formula is C18H11F2N5O3. The fraction of sp³-hybridized carbons (Fsp3) is 0. The number of anilines is 1. The predicted octanol–water partition coefficient (Wildman–Crippen LogP) is 2.44. The zero-order valence-corrected chi connectivity index (χ0v) is 13.9. The van der Waals surface area contributed by atoms with Crippen molar-refractivity contribution in [2.75, 3.05) is 5.43 Å². The van der Waals surface area contributed by atoms with E-state index in [9.17, 15) is 23.9 Å². The van der Waals surface area contributed by atoms with Gasteiger partial charge in [0.15, 0.2) is 17.3 Å². The van der Waals surface area contributed by atoms with Crippen molar-refractivity contribution in [1.82, 2.24) is 9.97 Å². The van der Waals surface area contributed by atoms with Gasteiger partial charge in [0.1, 0.15) is 11.6 Å². The molecule has 2 aromatic carbocycles. The molecule has 28 heavy (non-hydrogen) atoms. The molecule has 3 rings (SSSR count). The second-order valence-corrected chi connectivity index (χ2v) is 5.44. The molecule has 0 saturated heterocycles. The third-order valence-corrected chi connectivity index (χ3v) is 3.65. The van der Waals surface area contributed by atoms with Crippen molar-refractivity contribution in [3.63, 3.8) is 0 Å². The van der Waals surface area contributed by atoms with Crippen molar-refractivity contribution in [3.8, 4) is 28.8 Å². The van der Waals surface area contributed by atoms with Crippen LogP contribution in [-0.2, 0) is 0 Å². The minimum Gasteiger partial charge on any atom is -0.504 e. The summed E-state index contributed by atoms with van der Waals surface area (Å²) in [6.07, 6.45) is 0.862. The number of halogens is 2. The van der Waals surface area contributed by atoms with Crippen molar-refractivity contribution in [2.45, 2.75) is 0 Å². The van der Waals surface area contributed by atoms with E-state index in [1.54, 1.807) is 36.4 Å². The molecule has 4 N–H and O–H groups in total. The Balaban J connectivity index is 1.94. The normalized spacial score (nSPS) is 10.8. The highest BCUT2D eigenvalue weighted by molar-refractivity contribution is 5.84. The van der Waals surface area contributed by atoms with Gasteiger partial charge in [-0.2, -0.15) is 14.8 Å². The van der Waals surface area contributed by atoms with E-state index in [0.29, 0.717) is 11.6 Å². The van der Waals surface area contributed by atoms with Gasteiger partial charge in [-0.25, -0.2) is 14.8 Å². The number of phenols is 2. The molecule has 1 aromatic heterocycles. The third kappa shape index (κ3) is 3.49. The number of nitriles is 1. The maximum absolute atomic E-state index is 13.5. The van der Waals surface area contributed by atoms with Crippen LogP contribution in [0.5, 0.6) is 11.5 Å². The standard InChI is InChI=1S/C18H11F2N5O3/c19-12-6-10(15(26)13(20)16(12)27)8-22-25-18-23-14(9-4-2-1-3-5-9)11(7-21)17(28)24-18/h1-6,8,26-27H,(H2,23,24,25,28). The Morgan fingerprint density at radius 2 is 1.93 bits per heavy atom. The van der Waals surface area contributed by atoms with Crippen LogP contribution >= 0.6 is 0 Å². The maximum atomic E-state index is 13.5. The van der Waals surface area contributed by atoms with E-state index in [0.717, 1.165) is 6.21 Å². The molecule has 10 heteroatoms. The molecule has 0 bridgehead atoms. The highest BCUT2D eigenvalue weighted by Gasteiger charge is 2.16. The summed E-state index contributed by atoms with van der Waals surface area (Å²) in [6, 6.07) is 11.0. The lowest BCUT2D eigenvalue weighted by Crippen LogP contribution is -2.16. The lowest BCUT2D eigenvalue weighted by Gasteiger charge is -2.06. The van der Waals surface area contributed by atoms with Crippen LogP contribution < -0.4 is 11.0 Å². The van der Waals surface area contributed by atoms with Gasteiger partial charge >= 0.3 is 0 Å². The molecule has 0 saturated carbocycles. The summed E-state index contributed by atoms with van der Waals surface area (Å²) in [7, 11) is 0. The number of rotatable bonds is 4. The van der Waals surface area contributed by atoms with Gasteiger partial charge in [0.2, 0.25) is 11.8 Å². The number of hydrogen-bond donors (Lipinski definition) is 4. The van der Waals surface area contributed by atoms with E-state index in [1.165, 1.54) is 0 Å². The number of H-pyrrole nitrogens is 1. The van der Waals surface area contributed by atoms with Crippen molar-refractivity contribution in [2.24, 2.45) is 5.10 Å². The van der Waals surface area contributed by atoms with Crippen molar-refractivity contribution >= 4 is 12.2 Å². The Morgan fingerprint density at radius 1 is 1.21 bits per heavy atom. The predicted molar refractivity (Wildman–Crippen MR) is 95.9 cm³/mol. The Kier molecular flexibility index (Phi) is 4.99. The lowest BCUT2D eigenvalue weighted by atomic mass is 10.1. The molecular weight excluding hydrogens is 372 g/mol. The lowest BCUT2D eigenvalue weighted by molar-refractivity contribution is 0.366. The minimum absolute atomic E-state index is 0.120. The van der Waals surface area contributed by atoms with Gasteiger partial charge in [-0.1, -0.05) is 30.3 Å². The van der Waals surface area contributed by atoms with E-state index in [2.05, 4.69) is 20.5 Å². The van der Waals surface area contributed by atoms with Gasteiger partial charge in [0.25, 0.3) is 5.56 Å². The van der Waals surface area contributed by atoms with Crippen LogP contribution in [-0.4, -0.2) is 26.4 Å². The van der Waals surface area contributed by atoms with Crippen LogP contribution in [0, 0.1) is 23.0 Å². The summed E-state index contributed by atoms with van der Waals surface area (Å²) in [6.45, 7) is 0. The zero-order valence-electron chi connectivity index (χ0n) is 13.9. The SMILES string of the molecule is N#Cc1c(-c2ccccc2)nc(NN=Cc2cc(F)c(O)c(F)c2O)[nH]c1=O. The number of aromatic nitrogens is 2. The quantitative estimate of drug-likeness (QED) is 0.404. The molecule has 0 radical (unpaired) electrons. The van der Waals surface area contributed by atoms with E-state index in [1.807, 2.05) is 0 Å². The topological polar surface area (TPSA) is 134 Å². The summed E-state index contributed by atoms with van der Waals surface area (Å²) in [5.41, 5.74) is 1.73. The number of nitrogens with one attached hydrogen (secondary N) is 2. The summed E-state index contributed by atoms with van der Waals surface area (Å²) >= 11 is 0. The largest absolute Gasteiger partial charge is 0.504 e. The Labute approximate surface area is 156 Å². The molecule has 0 aliphatic carbocycles. The number of nitrogens with zero attached hydrogens (tertiary/aromatic N) is 3. The first kappa shape index (κ1) is 18.5. The number of hydrogen-bond acceptors (Lipinski definition) is 7. The first-order valence-electron chi connectivity index (χ1n) is 7.71. The van der Waals surface area contributed by atoms with Crippen LogP contribution in [0.3, 0.4) is 0 Å². The van der Waals surface area contributed by atoms with E-state index < -0.39 is 28.7 Å². The van der Waals surface area contributed by atoms with Gasteiger partial charge in [0.05, 0.1) is 11.9 Å². The molecule has 0 fully saturated rings. The maximum Gasteiger partial charge on any atom is 0.270 e. The average molecular weight is 383 g/mol. The summed E-state index contributed by atoms with van der Waals surface area (Å²) in [4.78, 5) is 18.5. The monoisotopic (exact) mass is 383 g/mol. The van der Waals surface area contributed by atoms with Gasteiger partial charge in [0, 0.05) is 11.1 Å². The molecule has 8 nitrogen and oxygen atoms in total. The van der Waals surface area contributed by atoms with Crippen molar-refractivity contribution < 1.29 is 19.0 Å². The average Bonchev–Trinajstić information content (AvgIpc) is 2.70. The molecule has 0 aliphatic rings.